The van der Waals surface area contributed by atoms with Crippen molar-refractivity contribution in [1.29, 1.82) is 0 Å². The minimum absolute atomic E-state index is 0.0215. The highest BCUT2D eigenvalue weighted by atomic mass is 16.7. The van der Waals surface area contributed by atoms with Crippen LogP contribution in [0, 0.1) is 0 Å². The number of amides is 2. The van der Waals surface area contributed by atoms with E-state index in [9.17, 15) is 9.59 Å². The summed E-state index contributed by atoms with van der Waals surface area (Å²) in [4.78, 5) is 27.8. The van der Waals surface area contributed by atoms with Crippen LogP contribution in [0.3, 0.4) is 0 Å². The Morgan fingerprint density at radius 3 is 2.56 bits per heavy atom. The van der Waals surface area contributed by atoms with Gasteiger partial charge < -0.3 is 5.73 Å². The van der Waals surface area contributed by atoms with Gasteiger partial charge in [0.1, 0.15) is 6.61 Å². The lowest BCUT2D eigenvalue weighted by Gasteiger charge is -2.13. The molecule has 2 rings (SSSR count). The number of hydrogen-bond donors (Lipinski definition) is 1. The lowest BCUT2D eigenvalue weighted by atomic mass is 10.2. The quantitative estimate of drug-likeness (QED) is 0.739. The summed E-state index contributed by atoms with van der Waals surface area (Å²) in [7, 11) is 0. The monoisotopic (exact) mass is 220 g/mol. The van der Waals surface area contributed by atoms with Crippen LogP contribution in [0.4, 0.5) is 0 Å². The average molecular weight is 220 g/mol. The third-order valence-electron chi connectivity index (χ3n) is 2.34. The van der Waals surface area contributed by atoms with E-state index in [1.807, 2.05) is 30.3 Å². The fraction of sp³-hybridized carbons (Fsp3) is 0.273. The summed E-state index contributed by atoms with van der Waals surface area (Å²) < 4.78 is 0. The van der Waals surface area contributed by atoms with Gasteiger partial charge in [-0.15, -0.1) is 0 Å². The number of benzene rings is 1. The van der Waals surface area contributed by atoms with Gasteiger partial charge in [0.2, 0.25) is 0 Å². The summed E-state index contributed by atoms with van der Waals surface area (Å²) >= 11 is 0. The predicted molar refractivity (Wildman–Crippen MR) is 55.7 cm³/mol. The second-order valence-electron chi connectivity index (χ2n) is 3.60. The number of carbonyl (C=O) groups is 2. The molecule has 1 atom stereocenters. The van der Waals surface area contributed by atoms with Crippen molar-refractivity contribution < 1.29 is 14.4 Å². The Morgan fingerprint density at radius 2 is 2.00 bits per heavy atom. The van der Waals surface area contributed by atoms with Gasteiger partial charge in [-0.25, -0.2) is 0 Å². The molecule has 1 aromatic carbocycles. The smallest absolute Gasteiger partial charge is 0.270 e. The first-order valence-electron chi connectivity index (χ1n) is 4.97. The summed E-state index contributed by atoms with van der Waals surface area (Å²) in [6.07, 6.45) is 0.0215. The molecule has 5 heteroatoms. The fourth-order valence-corrected chi connectivity index (χ4v) is 1.48. The standard InChI is InChI=1S/C11H12N2O3/c12-9-6-10(14)13(11(9)15)16-7-8-4-2-1-3-5-8/h1-5,9H,6-7,12H2/t9-/m1/s1. The van der Waals surface area contributed by atoms with Crippen molar-refractivity contribution in [3.05, 3.63) is 35.9 Å². The maximum absolute atomic E-state index is 11.4. The van der Waals surface area contributed by atoms with Crippen LogP contribution in [0.5, 0.6) is 0 Å². The minimum Gasteiger partial charge on any atom is -0.319 e. The molecule has 0 radical (unpaired) electrons. The number of hydroxylamine groups is 2. The lowest BCUT2D eigenvalue weighted by molar-refractivity contribution is -0.191. The van der Waals surface area contributed by atoms with Gasteiger partial charge in [-0.05, 0) is 5.56 Å². The van der Waals surface area contributed by atoms with Crippen LogP contribution in [0.25, 0.3) is 0 Å². The molecule has 0 aromatic heterocycles. The van der Waals surface area contributed by atoms with E-state index in [1.165, 1.54) is 0 Å². The molecular formula is C11H12N2O3. The van der Waals surface area contributed by atoms with Gasteiger partial charge in [0.15, 0.2) is 0 Å². The lowest BCUT2D eigenvalue weighted by Crippen LogP contribution is -2.35. The van der Waals surface area contributed by atoms with Gasteiger partial charge in [-0.1, -0.05) is 30.3 Å². The molecule has 16 heavy (non-hydrogen) atoms. The van der Waals surface area contributed by atoms with Crippen LogP contribution >= 0.6 is 0 Å². The predicted octanol–water partition coefficient (Wildman–Crippen LogP) is 0.204. The van der Waals surface area contributed by atoms with Gasteiger partial charge in [0.25, 0.3) is 11.8 Å². The van der Waals surface area contributed by atoms with Crippen molar-refractivity contribution >= 4 is 11.8 Å². The van der Waals surface area contributed by atoms with Gasteiger partial charge in [0, 0.05) is 0 Å². The number of carbonyl (C=O) groups excluding carboxylic acids is 2. The molecular weight excluding hydrogens is 208 g/mol. The van der Waals surface area contributed by atoms with E-state index < -0.39 is 11.9 Å². The fourth-order valence-electron chi connectivity index (χ4n) is 1.48. The second-order valence-corrected chi connectivity index (χ2v) is 3.60. The van der Waals surface area contributed by atoms with E-state index in [0.29, 0.717) is 0 Å². The minimum atomic E-state index is -0.761. The highest BCUT2D eigenvalue weighted by molar-refractivity contribution is 6.04. The van der Waals surface area contributed by atoms with Crippen LogP contribution in [-0.2, 0) is 21.0 Å². The summed E-state index contributed by atoms with van der Waals surface area (Å²) in [6, 6.07) is 8.54. The maximum atomic E-state index is 11.4. The van der Waals surface area contributed by atoms with Crippen LogP contribution in [0.2, 0.25) is 0 Å². The molecule has 0 saturated carbocycles. The van der Waals surface area contributed by atoms with Gasteiger partial charge >= 0.3 is 0 Å². The van der Waals surface area contributed by atoms with Crippen molar-refractivity contribution in [2.24, 2.45) is 5.73 Å². The Morgan fingerprint density at radius 1 is 1.31 bits per heavy atom. The van der Waals surface area contributed by atoms with Crippen LogP contribution in [-0.4, -0.2) is 22.9 Å². The molecule has 1 heterocycles. The molecule has 0 spiro atoms. The zero-order valence-corrected chi connectivity index (χ0v) is 8.63. The Kier molecular flexibility index (Phi) is 2.98. The van der Waals surface area contributed by atoms with Gasteiger partial charge in [0.05, 0.1) is 12.5 Å². The Hall–Kier alpha value is -1.72. The third kappa shape index (κ3) is 2.10. The summed E-state index contributed by atoms with van der Waals surface area (Å²) in [5.41, 5.74) is 6.33. The number of nitrogens with zero attached hydrogens (tertiary/aromatic N) is 1. The van der Waals surface area contributed by atoms with E-state index in [-0.39, 0.29) is 18.9 Å². The summed E-state index contributed by atoms with van der Waals surface area (Å²) in [6.45, 7) is 0.186. The van der Waals surface area contributed by atoms with Crippen LogP contribution in [0.1, 0.15) is 12.0 Å². The zero-order valence-electron chi connectivity index (χ0n) is 8.63. The molecule has 1 aliphatic heterocycles. The average Bonchev–Trinajstić information content (AvgIpc) is 2.53. The van der Waals surface area contributed by atoms with Crippen molar-refractivity contribution in [3.63, 3.8) is 0 Å². The molecule has 1 aliphatic rings. The molecule has 2 amide bonds. The van der Waals surface area contributed by atoms with Crippen LogP contribution < -0.4 is 5.73 Å². The van der Waals surface area contributed by atoms with E-state index in [2.05, 4.69) is 0 Å². The molecule has 0 aliphatic carbocycles. The van der Waals surface area contributed by atoms with E-state index >= 15 is 0 Å². The van der Waals surface area contributed by atoms with Gasteiger partial charge in [-0.2, -0.15) is 5.06 Å². The Labute approximate surface area is 92.7 Å². The van der Waals surface area contributed by atoms with Crippen molar-refractivity contribution in [2.75, 3.05) is 0 Å². The van der Waals surface area contributed by atoms with E-state index in [4.69, 9.17) is 10.6 Å². The first kappa shape index (κ1) is 10.8. The number of rotatable bonds is 3. The molecule has 1 fully saturated rings. The molecule has 0 bridgehead atoms. The number of nitrogens with two attached hydrogens (primary N) is 1. The maximum Gasteiger partial charge on any atom is 0.270 e. The van der Waals surface area contributed by atoms with Crippen molar-refractivity contribution in [3.8, 4) is 0 Å². The molecule has 1 saturated heterocycles. The molecule has 84 valence electrons. The topological polar surface area (TPSA) is 72.6 Å². The molecule has 0 unspecified atom stereocenters. The summed E-state index contributed by atoms with van der Waals surface area (Å²) in [5.74, 6) is -0.852. The van der Waals surface area contributed by atoms with Gasteiger partial charge in [-0.3, -0.25) is 14.4 Å². The van der Waals surface area contributed by atoms with Crippen molar-refractivity contribution in [1.82, 2.24) is 5.06 Å². The summed E-state index contributed by atoms with van der Waals surface area (Å²) in [5, 5.41) is 0.762. The SMILES string of the molecule is N[C@@H]1CC(=O)N(OCc2ccccc2)C1=O. The highest BCUT2D eigenvalue weighted by Crippen LogP contribution is 2.13. The third-order valence-corrected chi connectivity index (χ3v) is 2.34. The first-order valence-corrected chi connectivity index (χ1v) is 4.97. The largest absolute Gasteiger partial charge is 0.319 e. The van der Waals surface area contributed by atoms with E-state index in [0.717, 1.165) is 10.6 Å². The number of imide groups is 1. The highest BCUT2D eigenvalue weighted by Gasteiger charge is 2.37. The zero-order chi connectivity index (χ0) is 11.5. The van der Waals surface area contributed by atoms with E-state index in [1.54, 1.807) is 0 Å². The molecule has 2 N–H and O–H groups in total. The van der Waals surface area contributed by atoms with Crippen LogP contribution in [0.15, 0.2) is 30.3 Å². The molecule has 5 nitrogen and oxygen atoms in total. The first-order chi connectivity index (χ1) is 7.68. The number of hydrogen-bond acceptors (Lipinski definition) is 4. The molecule has 1 aromatic rings. The normalized spacial score (nSPS) is 20.6. The Balaban J connectivity index is 1.96. The van der Waals surface area contributed by atoms with Crippen molar-refractivity contribution in [2.45, 2.75) is 19.1 Å². The Bertz CT molecular complexity index is 405. The second kappa shape index (κ2) is 4.42.